The molecule has 1 heterocycles. The van der Waals surface area contributed by atoms with E-state index in [0.717, 1.165) is 6.42 Å². The summed E-state index contributed by atoms with van der Waals surface area (Å²) >= 11 is 5.73. The molecule has 114 valence electrons. The van der Waals surface area contributed by atoms with Gasteiger partial charge in [-0.25, -0.2) is 4.79 Å². The molecule has 21 heavy (non-hydrogen) atoms. The Balaban J connectivity index is 2.05. The summed E-state index contributed by atoms with van der Waals surface area (Å²) in [5, 5.41) is 13.5. The van der Waals surface area contributed by atoms with Gasteiger partial charge in [-0.3, -0.25) is 10.1 Å². The highest BCUT2D eigenvalue weighted by atomic mass is 35.5. The number of carbonyl (C=O) groups excluding carboxylic acids is 1. The Kier molecular flexibility index (Phi) is 4.98. The maximum Gasteiger partial charge on any atom is 0.322 e. The average molecular weight is 314 g/mol. The van der Waals surface area contributed by atoms with Crippen LogP contribution < -0.4 is 5.32 Å². The summed E-state index contributed by atoms with van der Waals surface area (Å²) in [5.74, 6) is 0. The SMILES string of the molecule is CC[C@@H]1CN(C(=O)Nc2ccc(Cl)c([N+](=O)[O-])c2)CCO1. The predicted molar refractivity (Wildman–Crippen MR) is 78.7 cm³/mol. The van der Waals surface area contributed by atoms with E-state index >= 15 is 0 Å². The number of hydrogen-bond donors (Lipinski definition) is 1. The first-order valence-corrected chi connectivity index (χ1v) is 7.00. The van der Waals surface area contributed by atoms with Gasteiger partial charge in [-0.1, -0.05) is 18.5 Å². The first kappa shape index (κ1) is 15.5. The molecule has 0 bridgehead atoms. The fourth-order valence-corrected chi connectivity index (χ4v) is 2.27. The van der Waals surface area contributed by atoms with Gasteiger partial charge in [-0.2, -0.15) is 0 Å². The fraction of sp³-hybridized carbons (Fsp3) is 0.462. The second kappa shape index (κ2) is 6.73. The van der Waals surface area contributed by atoms with Crippen LogP contribution in [0.4, 0.5) is 16.2 Å². The monoisotopic (exact) mass is 313 g/mol. The smallest absolute Gasteiger partial charge is 0.322 e. The zero-order valence-electron chi connectivity index (χ0n) is 11.5. The number of amides is 2. The van der Waals surface area contributed by atoms with Crippen LogP contribution in [0.15, 0.2) is 18.2 Å². The lowest BCUT2D eigenvalue weighted by molar-refractivity contribution is -0.384. The van der Waals surface area contributed by atoms with Crippen LogP contribution in [0.1, 0.15) is 13.3 Å². The standard InChI is InChI=1S/C13H16ClN3O4/c1-2-10-8-16(5-6-21-10)13(18)15-9-3-4-11(14)12(7-9)17(19)20/h3-4,7,10H,2,5-6,8H2,1H3,(H,15,18)/t10-/m1/s1. The van der Waals surface area contributed by atoms with E-state index in [1.54, 1.807) is 4.90 Å². The van der Waals surface area contributed by atoms with E-state index in [1.807, 2.05) is 6.92 Å². The molecule has 2 rings (SSSR count). The van der Waals surface area contributed by atoms with Gasteiger partial charge in [-0.05, 0) is 18.6 Å². The van der Waals surface area contributed by atoms with Gasteiger partial charge in [0.1, 0.15) is 5.02 Å². The number of nitrogens with one attached hydrogen (secondary N) is 1. The van der Waals surface area contributed by atoms with Crippen LogP contribution in [0.5, 0.6) is 0 Å². The van der Waals surface area contributed by atoms with Gasteiger partial charge < -0.3 is 15.0 Å². The Bertz CT molecular complexity index is 552. The van der Waals surface area contributed by atoms with Gasteiger partial charge in [0, 0.05) is 24.8 Å². The van der Waals surface area contributed by atoms with Crippen LogP contribution >= 0.6 is 11.6 Å². The highest BCUT2D eigenvalue weighted by Gasteiger charge is 2.23. The maximum absolute atomic E-state index is 12.2. The molecule has 1 aromatic rings. The Labute approximate surface area is 127 Å². The Hall–Kier alpha value is -1.86. The summed E-state index contributed by atoms with van der Waals surface area (Å²) in [6, 6.07) is 3.88. The molecule has 1 saturated heterocycles. The number of hydrogen-bond acceptors (Lipinski definition) is 4. The minimum Gasteiger partial charge on any atom is -0.375 e. The van der Waals surface area contributed by atoms with E-state index in [4.69, 9.17) is 16.3 Å². The average Bonchev–Trinajstić information content (AvgIpc) is 2.49. The molecule has 0 aliphatic carbocycles. The van der Waals surface area contributed by atoms with Crippen molar-refractivity contribution in [1.29, 1.82) is 0 Å². The normalized spacial score (nSPS) is 18.4. The van der Waals surface area contributed by atoms with Gasteiger partial charge in [0.25, 0.3) is 5.69 Å². The van der Waals surface area contributed by atoms with Crippen molar-refractivity contribution < 1.29 is 14.5 Å². The van der Waals surface area contributed by atoms with Crippen LogP contribution in [-0.4, -0.2) is 41.7 Å². The zero-order chi connectivity index (χ0) is 15.4. The summed E-state index contributed by atoms with van der Waals surface area (Å²) in [7, 11) is 0. The lowest BCUT2D eigenvalue weighted by atomic mass is 10.2. The van der Waals surface area contributed by atoms with Crippen molar-refractivity contribution in [3.05, 3.63) is 33.3 Å². The second-order valence-electron chi connectivity index (χ2n) is 4.70. The fourth-order valence-electron chi connectivity index (χ4n) is 2.08. The quantitative estimate of drug-likeness (QED) is 0.687. The Morgan fingerprint density at radius 1 is 1.62 bits per heavy atom. The van der Waals surface area contributed by atoms with Crippen molar-refractivity contribution in [2.45, 2.75) is 19.4 Å². The number of nitro groups is 1. The number of carbonyl (C=O) groups is 1. The molecule has 0 spiro atoms. The summed E-state index contributed by atoms with van der Waals surface area (Å²) in [6.07, 6.45) is 0.861. The first-order valence-electron chi connectivity index (χ1n) is 6.62. The molecule has 1 atom stereocenters. The van der Waals surface area contributed by atoms with Crippen molar-refractivity contribution in [2.75, 3.05) is 25.0 Å². The van der Waals surface area contributed by atoms with Crippen molar-refractivity contribution in [3.8, 4) is 0 Å². The molecule has 1 aromatic carbocycles. The summed E-state index contributed by atoms with van der Waals surface area (Å²) < 4.78 is 5.50. The number of urea groups is 1. The number of ether oxygens (including phenoxy) is 1. The van der Waals surface area contributed by atoms with E-state index in [9.17, 15) is 14.9 Å². The molecule has 1 aliphatic rings. The lowest BCUT2D eigenvalue weighted by Gasteiger charge is -2.32. The van der Waals surface area contributed by atoms with Gasteiger partial charge in [0.2, 0.25) is 0 Å². The molecule has 0 aromatic heterocycles. The summed E-state index contributed by atoms with van der Waals surface area (Å²) in [5.41, 5.74) is 0.110. The number of nitrogens with zero attached hydrogens (tertiary/aromatic N) is 2. The van der Waals surface area contributed by atoms with Crippen LogP contribution in [0.3, 0.4) is 0 Å². The maximum atomic E-state index is 12.2. The zero-order valence-corrected chi connectivity index (χ0v) is 12.3. The molecule has 7 nitrogen and oxygen atoms in total. The molecule has 1 N–H and O–H groups in total. The molecular weight excluding hydrogens is 298 g/mol. The number of halogens is 1. The van der Waals surface area contributed by atoms with Crippen molar-refractivity contribution in [2.24, 2.45) is 0 Å². The van der Waals surface area contributed by atoms with Crippen LogP contribution in [0.2, 0.25) is 5.02 Å². The Morgan fingerprint density at radius 3 is 3.05 bits per heavy atom. The summed E-state index contributed by atoms with van der Waals surface area (Å²) in [4.78, 5) is 24.0. The first-order chi connectivity index (χ1) is 10.0. The molecule has 1 fully saturated rings. The lowest BCUT2D eigenvalue weighted by Crippen LogP contribution is -2.47. The number of rotatable bonds is 3. The van der Waals surface area contributed by atoms with E-state index in [1.165, 1.54) is 18.2 Å². The van der Waals surface area contributed by atoms with Crippen LogP contribution in [0.25, 0.3) is 0 Å². The van der Waals surface area contributed by atoms with E-state index < -0.39 is 4.92 Å². The topological polar surface area (TPSA) is 84.7 Å². The highest BCUT2D eigenvalue weighted by molar-refractivity contribution is 6.32. The van der Waals surface area contributed by atoms with Crippen molar-refractivity contribution in [1.82, 2.24) is 4.90 Å². The van der Waals surface area contributed by atoms with Crippen molar-refractivity contribution in [3.63, 3.8) is 0 Å². The van der Waals surface area contributed by atoms with E-state index in [0.29, 0.717) is 25.4 Å². The third-order valence-corrected chi connectivity index (χ3v) is 3.60. The summed E-state index contributed by atoms with van der Waals surface area (Å²) in [6.45, 7) is 3.50. The number of anilines is 1. The molecule has 8 heteroatoms. The molecule has 0 radical (unpaired) electrons. The minimum atomic E-state index is -0.583. The third-order valence-electron chi connectivity index (χ3n) is 3.28. The van der Waals surface area contributed by atoms with Crippen LogP contribution in [0, 0.1) is 10.1 Å². The minimum absolute atomic E-state index is 0.0315. The van der Waals surface area contributed by atoms with E-state index in [-0.39, 0.29) is 22.8 Å². The van der Waals surface area contributed by atoms with Gasteiger partial charge >= 0.3 is 6.03 Å². The largest absolute Gasteiger partial charge is 0.375 e. The molecule has 1 aliphatic heterocycles. The second-order valence-corrected chi connectivity index (χ2v) is 5.11. The van der Waals surface area contributed by atoms with Crippen molar-refractivity contribution >= 4 is 29.0 Å². The van der Waals surface area contributed by atoms with Crippen LogP contribution in [-0.2, 0) is 4.74 Å². The predicted octanol–water partition coefficient (Wildman–Crippen LogP) is 2.89. The number of nitro benzene ring substituents is 1. The van der Waals surface area contributed by atoms with Gasteiger partial charge in [0.05, 0.1) is 17.6 Å². The molecule has 0 unspecified atom stereocenters. The molecular formula is C13H16ClN3O4. The van der Waals surface area contributed by atoms with Gasteiger partial charge in [0.15, 0.2) is 0 Å². The van der Waals surface area contributed by atoms with E-state index in [2.05, 4.69) is 5.32 Å². The van der Waals surface area contributed by atoms with Gasteiger partial charge in [-0.15, -0.1) is 0 Å². The Morgan fingerprint density at radius 2 is 2.38 bits per heavy atom. The highest BCUT2D eigenvalue weighted by Crippen LogP contribution is 2.27. The number of benzene rings is 1. The number of morpholine rings is 1. The molecule has 0 saturated carbocycles. The third kappa shape index (κ3) is 3.83. The molecule has 2 amide bonds.